The number of nitrogens with one attached hydrogen (secondary N) is 2. The van der Waals surface area contributed by atoms with Gasteiger partial charge in [-0.05, 0) is 51.7 Å². The van der Waals surface area contributed by atoms with E-state index in [0.717, 1.165) is 45.4 Å². The van der Waals surface area contributed by atoms with Crippen LogP contribution < -0.4 is 10.6 Å². The van der Waals surface area contributed by atoms with Crippen molar-refractivity contribution in [1.29, 1.82) is 0 Å². The maximum Gasteiger partial charge on any atom is 0.227 e. The predicted molar refractivity (Wildman–Crippen MR) is 78.1 cm³/mol. The molecule has 0 aromatic rings. The maximum absolute atomic E-state index is 12.5. The van der Waals surface area contributed by atoms with Crippen molar-refractivity contribution in [2.24, 2.45) is 11.3 Å². The van der Waals surface area contributed by atoms with Crippen LogP contribution in [0.15, 0.2) is 0 Å². The molecule has 2 aliphatic heterocycles. The average molecular weight is 267 g/mol. The number of amides is 1. The Hall–Kier alpha value is -0.610. The van der Waals surface area contributed by atoms with Gasteiger partial charge in [0.1, 0.15) is 0 Å². The maximum atomic E-state index is 12.5. The van der Waals surface area contributed by atoms with Gasteiger partial charge in [0.2, 0.25) is 5.91 Å². The molecule has 2 aliphatic rings. The summed E-state index contributed by atoms with van der Waals surface area (Å²) in [7, 11) is 2.17. The fraction of sp³-hybridized carbons (Fsp3) is 0.933. The molecule has 0 aromatic heterocycles. The molecule has 0 aliphatic carbocycles. The zero-order valence-corrected chi connectivity index (χ0v) is 12.5. The number of carbonyl (C=O) groups excluding carboxylic acids is 1. The van der Waals surface area contributed by atoms with E-state index in [2.05, 4.69) is 29.5 Å². The Balaban J connectivity index is 1.82. The summed E-state index contributed by atoms with van der Waals surface area (Å²) >= 11 is 0. The number of hydrogen-bond donors (Lipinski definition) is 2. The lowest BCUT2D eigenvalue weighted by Gasteiger charge is -2.32. The van der Waals surface area contributed by atoms with Gasteiger partial charge in [-0.3, -0.25) is 4.79 Å². The van der Waals surface area contributed by atoms with Crippen LogP contribution in [0.5, 0.6) is 0 Å². The van der Waals surface area contributed by atoms with E-state index in [9.17, 15) is 4.79 Å². The highest BCUT2D eigenvalue weighted by Gasteiger charge is 2.40. The molecule has 0 bridgehead atoms. The molecule has 2 saturated heterocycles. The Morgan fingerprint density at radius 3 is 3.00 bits per heavy atom. The highest BCUT2D eigenvalue weighted by Crippen LogP contribution is 2.31. The van der Waals surface area contributed by atoms with E-state index in [1.807, 2.05) is 0 Å². The van der Waals surface area contributed by atoms with Crippen LogP contribution in [0.25, 0.3) is 0 Å². The van der Waals surface area contributed by atoms with Crippen molar-refractivity contribution in [3.63, 3.8) is 0 Å². The third-order valence-electron chi connectivity index (χ3n) is 4.73. The molecular formula is C15H29N3O. The first-order valence-electron chi connectivity index (χ1n) is 7.84. The second-order valence-corrected chi connectivity index (χ2v) is 6.44. The van der Waals surface area contributed by atoms with Crippen LogP contribution in [0.4, 0.5) is 0 Å². The van der Waals surface area contributed by atoms with E-state index < -0.39 is 0 Å². The number of piperidine rings is 1. The predicted octanol–water partition coefficient (Wildman–Crippen LogP) is 1.22. The van der Waals surface area contributed by atoms with Gasteiger partial charge in [0, 0.05) is 19.6 Å². The lowest BCUT2D eigenvalue weighted by atomic mass is 9.81. The molecule has 0 spiro atoms. The summed E-state index contributed by atoms with van der Waals surface area (Å²) in [5.41, 5.74) is -0.130. The van der Waals surface area contributed by atoms with Crippen molar-refractivity contribution >= 4 is 5.91 Å². The summed E-state index contributed by atoms with van der Waals surface area (Å²) in [5.74, 6) is 0.920. The number of nitrogens with zero attached hydrogens (tertiary/aromatic N) is 1. The highest BCUT2D eigenvalue weighted by atomic mass is 16.2. The molecule has 2 unspecified atom stereocenters. The largest absolute Gasteiger partial charge is 0.355 e. The van der Waals surface area contributed by atoms with E-state index in [4.69, 9.17) is 0 Å². The second-order valence-electron chi connectivity index (χ2n) is 6.44. The SMILES string of the molecule is CCCC1(C(=O)NCC2CCCN(C)C2)CCNC1. The lowest BCUT2D eigenvalue weighted by Crippen LogP contribution is -2.46. The van der Waals surface area contributed by atoms with E-state index >= 15 is 0 Å². The molecule has 0 saturated carbocycles. The Morgan fingerprint density at radius 2 is 2.37 bits per heavy atom. The van der Waals surface area contributed by atoms with Gasteiger partial charge >= 0.3 is 0 Å². The van der Waals surface area contributed by atoms with Crippen LogP contribution in [0.1, 0.15) is 39.0 Å². The zero-order chi connectivity index (χ0) is 13.7. The van der Waals surface area contributed by atoms with Crippen molar-refractivity contribution in [3.8, 4) is 0 Å². The Labute approximate surface area is 117 Å². The van der Waals surface area contributed by atoms with Crippen LogP contribution >= 0.6 is 0 Å². The molecule has 4 nitrogen and oxygen atoms in total. The second kappa shape index (κ2) is 6.71. The van der Waals surface area contributed by atoms with Crippen molar-refractivity contribution in [2.45, 2.75) is 39.0 Å². The van der Waals surface area contributed by atoms with Crippen molar-refractivity contribution in [3.05, 3.63) is 0 Å². The highest BCUT2D eigenvalue weighted by molar-refractivity contribution is 5.83. The van der Waals surface area contributed by atoms with E-state index in [1.54, 1.807) is 0 Å². The lowest BCUT2D eigenvalue weighted by molar-refractivity contribution is -0.130. The molecule has 2 N–H and O–H groups in total. The van der Waals surface area contributed by atoms with Crippen LogP contribution in [0.3, 0.4) is 0 Å². The van der Waals surface area contributed by atoms with Gasteiger partial charge in [0.05, 0.1) is 5.41 Å². The summed E-state index contributed by atoms with van der Waals surface area (Å²) in [6.07, 6.45) is 5.61. The quantitative estimate of drug-likeness (QED) is 0.787. The Morgan fingerprint density at radius 1 is 1.53 bits per heavy atom. The van der Waals surface area contributed by atoms with Crippen LogP contribution in [-0.4, -0.2) is 50.6 Å². The minimum atomic E-state index is -0.130. The number of carbonyl (C=O) groups is 1. The number of rotatable bonds is 5. The average Bonchev–Trinajstić information content (AvgIpc) is 2.86. The summed E-state index contributed by atoms with van der Waals surface area (Å²) in [6, 6.07) is 0. The van der Waals surface area contributed by atoms with Gasteiger partial charge in [-0.1, -0.05) is 13.3 Å². The van der Waals surface area contributed by atoms with Crippen LogP contribution in [-0.2, 0) is 4.79 Å². The molecule has 2 atom stereocenters. The minimum absolute atomic E-state index is 0.130. The molecule has 19 heavy (non-hydrogen) atoms. The van der Waals surface area contributed by atoms with Gasteiger partial charge < -0.3 is 15.5 Å². The first-order chi connectivity index (χ1) is 9.16. The standard InChI is InChI=1S/C15H29N3O/c1-3-6-15(7-8-16-12-15)14(19)17-10-13-5-4-9-18(2)11-13/h13,16H,3-12H2,1-2H3,(H,17,19). The van der Waals surface area contributed by atoms with E-state index in [-0.39, 0.29) is 11.3 Å². The Bertz CT molecular complexity index is 300. The monoisotopic (exact) mass is 267 g/mol. The fourth-order valence-electron chi connectivity index (χ4n) is 3.61. The summed E-state index contributed by atoms with van der Waals surface area (Å²) in [4.78, 5) is 14.9. The molecule has 0 radical (unpaired) electrons. The minimum Gasteiger partial charge on any atom is -0.355 e. The molecule has 2 rings (SSSR count). The zero-order valence-electron chi connectivity index (χ0n) is 12.5. The topological polar surface area (TPSA) is 44.4 Å². The van der Waals surface area contributed by atoms with Gasteiger partial charge in [-0.15, -0.1) is 0 Å². The molecule has 2 fully saturated rings. The molecular weight excluding hydrogens is 238 g/mol. The first kappa shape index (κ1) is 14.8. The van der Waals surface area contributed by atoms with Gasteiger partial charge in [-0.25, -0.2) is 0 Å². The molecule has 110 valence electrons. The van der Waals surface area contributed by atoms with Crippen molar-refractivity contribution < 1.29 is 4.79 Å². The number of likely N-dealkylation sites (tertiary alicyclic amines) is 1. The summed E-state index contributed by atoms with van der Waals surface area (Å²) < 4.78 is 0. The van der Waals surface area contributed by atoms with Gasteiger partial charge in [0.15, 0.2) is 0 Å². The molecule has 2 heterocycles. The van der Waals surface area contributed by atoms with E-state index in [1.165, 1.54) is 19.4 Å². The fourth-order valence-corrected chi connectivity index (χ4v) is 3.61. The van der Waals surface area contributed by atoms with Crippen molar-refractivity contribution in [1.82, 2.24) is 15.5 Å². The summed E-state index contributed by atoms with van der Waals surface area (Å²) in [6.45, 7) is 7.20. The smallest absolute Gasteiger partial charge is 0.227 e. The van der Waals surface area contributed by atoms with Crippen molar-refractivity contribution in [2.75, 3.05) is 39.8 Å². The van der Waals surface area contributed by atoms with Crippen LogP contribution in [0, 0.1) is 11.3 Å². The molecule has 1 amide bonds. The third kappa shape index (κ3) is 3.69. The number of hydrogen-bond acceptors (Lipinski definition) is 3. The van der Waals surface area contributed by atoms with E-state index in [0.29, 0.717) is 5.92 Å². The Kier molecular flexibility index (Phi) is 5.22. The van der Waals surface area contributed by atoms with Gasteiger partial charge in [-0.2, -0.15) is 0 Å². The summed E-state index contributed by atoms with van der Waals surface area (Å²) in [5, 5.41) is 6.59. The first-order valence-corrected chi connectivity index (χ1v) is 7.84. The van der Waals surface area contributed by atoms with Crippen LogP contribution in [0.2, 0.25) is 0 Å². The molecule has 4 heteroatoms. The normalized spacial score (nSPS) is 32.4. The third-order valence-corrected chi connectivity index (χ3v) is 4.73. The van der Waals surface area contributed by atoms with Gasteiger partial charge in [0.25, 0.3) is 0 Å². The molecule has 0 aromatic carbocycles.